The number of para-hydroxylation sites is 1. The molecule has 27 heavy (non-hydrogen) atoms. The third-order valence-electron chi connectivity index (χ3n) is 3.98. The summed E-state index contributed by atoms with van der Waals surface area (Å²) in [5.74, 6) is 1.06. The van der Waals surface area contributed by atoms with Crippen LogP contribution in [0.25, 0.3) is 0 Å². The number of nitrogens with one attached hydrogen (secondary N) is 2. The molecule has 2 aromatic rings. The van der Waals surface area contributed by atoms with Crippen molar-refractivity contribution in [1.82, 2.24) is 4.90 Å². The van der Waals surface area contributed by atoms with Crippen LogP contribution in [-0.2, 0) is 16.1 Å². The highest BCUT2D eigenvalue weighted by molar-refractivity contribution is 5.89. The van der Waals surface area contributed by atoms with E-state index in [2.05, 4.69) is 10.6 Å². The van der Waals surface area contributed by atoms with Crippen LogP contribution in [0.4, 0.5) is 11.4 Å². The molecular formula is C20H25N3O4. The number of anilines is 2. The average molecular weight is 371 g/mol. The minimum absolute atomic E-state index is 0.0751. The van der Waals surface area contributed by atoms with Gasteiger partial charge >= 0.3 is 0 Å². The summed E-state index contributed by atoms with van der Waals surface area (Å²) in [5, 5.41) is 5.77. The molecule has 0 bridgehead atoms. The lowest BCUT2D eigenvalue weighted by atomic mass is 10.2. The molecule has 0 atom stereocenters. The highest BCUT2D eigenvalue weighted by Crippen LogP contribution is 2.28. The molecule has 144 valence electrons. The standard InChI is InChI=1S/C20H25N3O4/c1-14(24)22-16-9-10-17(19(11-16)27-4)21-12-20(25)23(2)13-15-7-5-6-8-18(15)26-3/h5-11,21H,12-13H2,1-4H3,(H,22,24). The van der Waals surface area contributed by atoms with Crippen LogP contribution < -0.4 is 20.1 Å². The van der Waals surface area contributed by atoms with Gasteiger partial charge in [0.2, 0.25) is 11.8 Å². The molecular weight excluding hydrogens is 346 g/mol. The summed E-state index contributed by atoms with van der Waals surface area (Å²) in [4.78, 5) is 25.2. The van der Waals surface area contributed by atoms with Gasteiger partial charge in [0.25, 0.3) is 0 Å². The lowest BCUT2D eigenvalue weighted by Crippen LogP contribution is -2.32. The third-order valence-corrected chi connectivity index (χ3v) is 3.98. The van der Waals surface area contributed by atoms with Gasteiger partial charge in [0.15, 0.2) is 0 Å². The zero-order valence-corrected chi connectivity index (χ0v) is 16.0. The first-order valence-electron chi connectivity index (χ1n) is 8.50. The first-order chi connectivity index (χ1) is 12.9. The van der Waals surface area contributed by atoms with Crippen LogP contribution in [0.2, 0.25) is 0 Å². The van der Waals surface area contributed by atoms with E-state index in [-0.39, 0.29) is 18.4 Å². The number of ether oxygens (including phenoxy) is 2. The Morgan fingerprint density at radius 3 is 2.41 bits per heavy atom. The number of carbonyl (C=O) groups is 2. The summed E-state index contributed by atoms with van der Waals surface area (Å²) in [7, 11) is 4.89. The maximum Gasteiger partial charge on any atom is 0.241 e. The number of nitrogens with zero attached hydrogens (tertiary/aromatic N) is 1. The minimum atomic E-state index is -0.161. The van der Waals surface area contributed by atoms with Crippen LogP contribution in [0.3, 0.4) is 0 Å². The molecule has 0 spiro atoms. The van der Waals surface area contributed by atoms with E-state index in [0.717, 1.165) is 11.3 Å². The number of hydrogen-bond donors (Lipinski definition) is 2. The molecule has 0 saturated heterocycles. The lowest BCUT2D eigenvalue weighted by Gasteiger charge is -2.20. The van der Waals surface area contributed by atoms with Crippen molar-refractivity contribution in [1.29, 1.82) is 0 Å². The van der Waals surface area contributed by atoms with Crippen LogP contribution in [0.15, 0.2) is 42.5 Å². The monoisotopic (exact) mass is 371 g/mol. The predicted molar refractivity (Wildman–Crippen MR) is 105 cm³/mol. The van der Waals surface area contributed by atoms with Gasteiger partial charge in [0.05, 0.1) is 26.5 Å². The molecule has 2 amide bonds. The second-order valence-corrected chi connectivity index (χ2v) is 6.01. The zero-order chi connectivity index (χ0) is 19.8. The Morgan fingerprint density at radius 2 is 1.74 bits per heavy atom. The number of carbonyl (C=O) groups excluding carboxylic acids is 2. The van der Waals surface area contributed by atoms with E-state index in [1.807, 2.05) is 24.3 Å². The van der Waals surface area contributed by atoms with Crippen molar-refractivity contribution in [2.45, 2.75) is 13.5 Å². The molecule has 0 fully saturated rings. The molecule has 0 aliphatic heterocycles. The summed E-state index contributed by atoms with van der Waals surface area (Å²) in [6.45, 7) is 2.00. The first-order valence-corrected chi connectivity index (χ1v) is 8.50. The molecule has 0 unspecified atom stereocenters. The molecule has 0 saturated carbocycles. The Hall–Kier alpha value is -3.22. The molecule has 0 aliphatic carbocycles. The van der Waals surface area contributed by atoms with Gasteiger partial charge in [-0.2, -0.15) is 0 Å². The van der Waals surface area contributed by atoms with Crippen molar-refractivity contribution in [3.63, 3.8) is 0 Å². The minimum Gasteiger partial charge on any atom is -0.496 e. The van der Waals surface area contributed by atoms with E-state index in [4.69, 9.17) is 9.47 Å². The SMILES string of the molecule is COc1ccccc1CN(C)C(=O)CNc1ccc(NC(C)=O)cc1OC. The van der Waals surface area contributed by atoms with E-state index in [1.165, 1.54) is 14.0 Å². The van der Waals surface area contributed by atoms with E-state index < -0.39 is 0 Å². The van der Waals surface area contributed by atoms with E-state index >= 15 is 0 Å². The fourth-order valence-electron chi connectivity index (χ4n) is 2.60. The maximum absolute atomic E-state index is 12.5. The quantitative estimate of drug-likeness (QED) is 0.746. The highest BCUT2D eigenvalue weighted by Gasteiger charge is 2.13. The van der Waals surface area contributed by atoms with Crippen LogP contribution in [0.1, 0.15) is 12.5 Å². The predicted octanol–water partition coefficient (Wildman–Crippen LogP) is 2.73. The number of rotatable bonds is 8. The normalized spacial score (nSPS) is 10.1. The Bertz CT molecular complexity index is 808. The summed E-state index contributed by atoms with van der Waals surface area (Å²) < 4.78 is 10.7. The molecule has 0 aromatic heterocycles. The fraction of sp³-hybridized carbons (Fsp3) is 0.300. The van der Waals surface area contributed by atoms with Gasteiger partial charge in [-0.25, -0.2) is 0 Å². The van der Waals surface area contributed by atoms with Gasteiger partial charge in [0, 0.05) is 37.8 Å². The Balaban J connectivity index is 1.99. The van der Waals surface area contributed by atoms with Crippen LogP contribution >= 0.6 is 0 Å². The maximum atomic E-state index is 12.5. The molecule has 2 N–H and O–H groups in total. The lowest BCUT2D eigenvalue weighted by molar-refractivity contribution is -0.128. The van der Waals surface area contributed by atoms with Crippen molar-refractivity contribution < 1.29 is 19.1 Å². The summed E-state index contributed by atoms with van der Waals surface area (Å²) in [6, 6.07) is 12.8. The second kappa shape index (κ2) is 9.47. The van der Waals surface area contributed by atoms with Crippen LogP contribution in [0, 0.1) is 0 Å². The average Bonchev–Trinajstić information content (AvgIpc) is 2.66. The zero-order valence-electron chi connectivity index (χ0n) is 16.0. The third kappa shape index (κ3) is 5.64. The van der Waals surface area contributed by atoms with Crippen molar-refractivity contribution in [2.75, 3.05) is 38.4 Å². The van der Waals surface area contributed by atoms with Gasteiger partial charge in [-0.3, -0.25) is 9.59 Å². The van der Waals surface area contributed by atoms with Gasteiger partial charge in [-0.05, 0) is 18.2 Å². The molecule has 7 nitrogen and oxygen atoms in total. The highest BCUT2D eigenvalue weighted by atomic mass is 16.5. The molecule has 2 aromatic carbocycles. The van der Waals surface area contributed by atoms with E-state index in [9.17, 15) is 9.59 Å². The number of likely N-dealkylation sites (N-methyl/N-ethyl adjacent to an activating group) is 1. The van der Waals surface area contributed by atoms with Gasteiger partial charge < -0.3 is 25.0 Å². The number of amides is 2. The molecule has 0 heterocycles. The smallest absolute Gasteiger partial charge is 0.241 e. The van der Waals surface area contributed by atoms with Crippen molar-refractivity contribution in [3.8, 4) is 11.5 Å². The van der Waals surface area contributed by atoms with E-state index in [0.29, 0.717) is 23.7 Å². The summed E-state index contributed by atoms with van der Waals surface area (Å²) in [5.41, 5.74) is 2.24. The topological polar surface area (TPSA) is 79.9 Å². The van der Waals surface area contributed by atoms with Gasteiger partial charge in [-0.15, -0.1) is 0 Å². The second-order valence-electron chi connectivity index (χ2n) is 6.01. The number of hydrogen-bond acceptors (Lipinski definition) is 5. The fourth-order valence-corrected chi connectivity index (χ4v) is 2.60. The summed E-state index contributed by atoms with van der Waals surface area (Å²) >= 11 is 0. The molecule has 0 radical (unpaired) electrons. The van der Waals surface area contributed by atoms with Gasteiger partial charge in [0.1, 0.15) is 11.5 Å². The van der Waals surface area contributed by atoms with Gasteiger partial charge in [-0.1, -0.05) is 18.2 Å². The Labute approximate surface area is 159 Å². The number of methoxy groups -OCH3 is 2. The molecule has 2 rings (SSSR count). The molecule has 0 aliphatic rings. The first kappa shape index (κ1) is 20.1. The van der Waals surface area contributed by atoms with Crippen LogP contribution in [-0.4, -0.2) is 44.5 Å². The van der Waals surface area contributed by atoms with Crippen molar-refractivity contribution >= 4 is 23.2 Å². The van der Waals surface area contributed by atoms with Crippen molar-refractivity contribution in [2.24, 2.45) is 0 Å². The Kier molecular flexibility index (Phi) is 7.05. The molecule has 7 heteroatoms. The van der Waals surface area contributed by atoms with Crippen molar-refractivity contribution in [3.05, 3.63) is 48.0 Å². The van der Waals surface area contributed by atoms with Crippen LogP contribution in [0.5, 0.6) is 11.5 Å². The van der Waals surface area contributed by atoms with E-state index in [1.54, 1.807) is 37.3 Å². The number of benzene rings is 2. The Morgan fingerprint density at radius 1 is 1.04 bits per heavy atom. The largest absolute Gasteiger partial charge is 0.496 e. The summed E-state index contributed by atoms with van der Waals surface area (Å²) in [6.07, 6.45) is 0.